The van der Waals surface area contributed by atoms with Crippen LogP contribution in [0.5, 0.6) is 0 Å². The zero-order valence-electron chi connectivity index (χ0n) is 16.6. The molecule has 0 bridgehead atoms. The smallest absolute Gasteiger partial charge is 0.229 e. The molecule has 0 saturated carbocycles. The summed E-state index contributed by atoms with van der Waals surface area (Å²) in [6.45, 7) is 7.96. The largest absolute Gasteiger partial charge is 0.378 e. The second-order valence-electron chi connectivity index (χ2n) is 6.38. The molecule has 9 heteroatoms. The van der Waals surface area contributed by atoms with Crippen LogP contribution in [0.25, 0.3) is 0 Å². The molecule has 9 nitrogen and oxygen atoms in total. The van der Waals surface area contributed by atoms with Crippen LogP contribution in [0.2, 0.25) is 0 Å². The fourth-order valence-electron chi connectivity index (χ4n) is 2.27. The molecule has 0 unspecified atom stereocenters. The minimum Gasteiger partial charge on any atom is -0.378 e. The summed E-state index contributed by atoms with van der Waals surface area (Å²) in [5.74, 6) is 1.54. The number of hydrogen-bond acceptors (Lipinski definition) is 9. The number of nitrogens with zero attached hydrogens (tertiary/aromatic N) is 3. The maximum absolute atomic E-state index is 5.50. The predicted octanol–water partition coefficient (Wildman–Crippen LogP) is 1.71. The molecule has 28 heavy (non-hydrogen) atoms. The van der Waals surface area contributed by atoms with E-state index in [2.05, 4.69) is 43.0 Å². The Morgan fingerprint density at radius 1 is 0.857 bits per heavy atom. The van der Waals surface area contributed by atoms with Crippen molar-refractivity contribution in [2.75, 3.05) is 55.5 Å². The maximum Gasteiger partial charge on any atom is 0.229 e. The lowest BCUT2D eigenvalue weighted by molar-refractivity contribution is 0.0547. The SMILES string of the molecule is CC(C)Nc1nc(NCCOCCOCCN)nc(NCc2ccccc2)n1. The van der Waals surface area contributed by atoms with Gasteiger partial charge < -0.3 is 31.2 Å². The number of hydrogen-bond donors (Lipinski definition) is 4. The molecule has 5 N–H and O–H groups in total. The van der Waals surface area contributed by atoms with E-state index in [1.165, 1.54) is 0 Å². The average molecular weight is 390 g/mol. The van der Waals surface area contributed by atoms with Crippen molar-refractivity contribution in [2.24, 2.45) is 5.73 Å². The van der Waals surface area contributed by atoms with Crippen LogP contribution in [0.15, 0.2) is 30.3 Å². The van der Waals surface area contributed by atoms with Gasteiger partial charge in [0.15, 0.2) is 0 Å². The van der Waals surface area contributed by atoms with Gasteiger partial charge in [-0.3, -0.25) is 0 Å². The fraction of sp³-hybridized carbons (Fsp3) is 0.526. The highest BCUT2D eigenvalue weighted by Crippen LogP contribution is 2.11. The van der Waals surface area contributed by atoms with Gasteiger partial charge in [0.1, 0.15) is 0 Å². The van der Waals surface area contributed by atoms with E-state index >= 15 is 0 Å². The molecule has 0 radical (unpaired) electrons. The summed E-state index contributed by atoms with van der Waals surface area (Å²) in [5.41, 5.74) is 6.51. The second-order valence-corrected chi connectivity index (χ2v) is 6.38. The van der Waals surface area contributed by atoms with Gasteiger partial charge in [0.25, 0.3) is 0 Å². The molecular weight excluding hydrogens is 358 g/mol. The monoisotopic (exact) mass is 389 g/mol. The molecule has 1 aromatic heterocycles. The Balaban J connectivity index is 1.85. The number of ether oxygens (including phenoxy) is 2. The van der Waals surface area contributed by atoms with E-state index in [9.17, 15) is 0 Å². The molecule has 154 valence electrons. The zero-order chi connectivity index (χ0) is 20.0. The molecule has 0 aliphatic heterocycles. The maximum atomic E-state index is 5.50. The van der Waals surface area contributed by atoms with Crippen LogP contribution in [-0.4, -0.2) is 60.5 Å². The van der Waals surface area contributed by atoms with E-state index in [-0.39, 0.29) is 6.04 Å². The molecule has 1 aromatic carbocycles. The molecule has 1 heterocycles. The van der Waals surface area contributed by atoms with Gasteiger partial charge in [-0.15, -0.1) is 0 Å². The van der Waals surface area contributed by atoms with Crippen LogP contribution in [0.3, 0.4) is 0 Å². The van der Waals surface area contributed by atoms with Crippen LogP contribution < -0.4 is 21.7 Å². The van der Waals surface area contributed by atoms with Crippen molar-refractivity contribution in [1.82, 2.24) is 15.0 Å². The average Bonchev–Trinajstić information content (AvgIpc) is 2.69. The minimum absolute atomic E-state index is 0.217. The quantitative estimate of drug-likeness (QED) is 0.358. The lowest BCUT2D eigenvalue weighted by atomic mass is 10.2. The van der Waals surface area contributed by atoms with Gasteiger partial charge in [0.2, 0.25) is 17.8 Å². The summed E-state index contributed by atoms with van der Waals surface area (Å²) in [6, 6.07) is 10.3. The first-order chi connectivity index (χ1) is 13.7. The third-order valence-corrected chi connectivity index (χ3v) is 3.51. The fourth-order valence-corrected chi connectivity index (χ4v) is 2.27. The van der Waals surface area contributed by atoms with Crippen molar-refractivity contribution in [3.63, 3.8) is 0 Å². The van der Waals surface area contributed by atoms with Crippen molar-refractivity contribution in [3.05, 3.63) is 35.9 Å². The van der Waals surface area contributed by atoms with Gasteiger partial charge in [-0.1, -0.05) is 30.3 Å². The van der Waals surface area contributed by atoms with E-state index < -0.39 is 0 Å². The first-order valence-electron chi connectivity index (χ1n) is 9.57. The highest BCUT2D eigenvalue weighted by atomic mass is 16.5. The summed E-state index contributed by atoms with van der Waals surface area (Å²) in [4.78, 5) is 13.3. The van der Waals surface area contributed by atoms with E-state index in [1.807, 2.05) is 32.0 Å². The van der Waals surface area contributed by atoms with Crippen LogP contribution in [-0.2, 0) is 16.0 Å². The standard InChI is InChI=1S/C19H31N7O2/c1-15(2)23-19-25-17(21-9-11-28-13-12-27-10-8-20)24-18(26-19)22-14-16-6-4-3-5-7-16/h3-7,15H,8-14,20H2,1-2H3,(H3,21,22,23,24,25,26). The number of anilines is 3. The molecule has 0 aliphatic carbocycles. The molecule has 0 spiro atoms. The highest BCUT2D eigenvalue weighted by molar-refractivity contribution is 5.42. The number of nitrogens with one attached hydrogen (secondary N) is 3. The molecule has 0 amide bonds. The molecule has 0 fully saturated rings. The topological polar surface area (TPSA) is 119 Å². The van der Waals surface area contributed by atoms with Crippen molar-refractivity contribution in [2.45, 2.75) is 26.4 Å². The summed E-state index contributed by atoms with van der Waals surface area (Å²) >= 11 is 0. The van der Waals surface area contributed by atoms with Gasteiger partial charge in [-0.2, -0.15) is 15.0 Å². The number of rotatable bonds is 14. The molecule has 0 aliphatic rings. The first kappa shape index (κ1) is 21.8. The Kier molecular flexibility index (Phi) is 9.98. The minimum atomic E-state index is 0.217. The Bertz CT molecular complexity index is 671. The number of nitrogens with two attached hydrogens (primary N) is 1. The van der Waals surface area contributed by atoms with E-state index in [4.69, 9.17) is 15.2 Å². The highest BCUT2D eigenvalue weighted by Gasteiger charge is 2.07. The van der Waals surface area contributed by atoms with Gasteiger partial charge in [-0.25, -0.2) is 0 Å². The zero-order valence-corrected chi connectivity index (χ0v) is 16.6. The molecular formula is C19H31N7O2. The van der Waals surface area contributed by atoms with E-state index in [0.29, 0.717) is 63.9 Å². The van der Waals surface area contributed by atoms with Crippen molar-refractivity contribution in [3.8, 4) is 0 Å². The summed E-state index contributed by atoms with van der Waals surface area (Å²) in [7, 11) is 0. The van der Waals surface area contributed by atoms with Gasteiger partial charge in [0, 0.05) is 25.7 Å². The van der Waals surface area contributed by atoms with E-state index in [1.54, 1.807) is 0 Å². The Labute approximate surface area is 166 Å². The lowest BCUT2D eigenvalue weighted by Gasteiger charge is -2.13. The molecule has 2 aromatic rings. The predicted molar refractivity (Wildman–Crippen MR) is 112 cm³/mol. The van der Waals surface area contributed by atoms with E-state index in [0.717, 1.165) is 5.56 Å². The molecule has 0 atom stereocenters. The van der Waals surface area contributed by atoms with Crippen molar-refractivity contribution in [1.29, 1.82) is 0 Å². The summed E-state index contributed by atoms with van der Waals surface area (Å²) in [6.07, 6.45) is 0. The van der Waals surface area contributed by atoms with Crippen molar-refractivity contribution < 1.29 is 9.47 Å². The summed E-state index contributed by atoms with van der Waals surface area (Å²) in [5, 5.41) is 9.63. The van der Waals surface area contributed by atoms with Crippen LogP contribution >= 0.6 is 0 Å². The Hall–Kier alpha value is -2.49. The lowest BCUT2D eigenvalue weighted by Crippen LogP contribution is -2.18. The van der Waals surface area contributed by atoms with Gasteiger partial charge in [0.05, 0.1) is 26.4 Å². The third kappa shape index (κ3) is 8.94. The van der Waals surface area contributed by atoms with Crippen molar-refractivity contribution >= 4 is 17.8 Å². The second kappa shape index (κ2) is 12.8. The Morgan fingerprint density at radius 2 is 1.50 bits per heavy atom. The number of aromatic nitrogens is 3. The van der Waals surface area contributed by atoms with Gasteiger partial charge in [-0.05, 0) is 19.4 Å². The van der Waals surface area contributed by atoms with Crippen LogP contribution in [0, 0.1) is 0 Å². The van der Waals surface area contributed by atoms with Crippen LogP contribution in [0.1, 0.15) is 19.4 Å². The van der Waals surface area contributed by atoms with Crippen LogP contribution in [0.4, 0.5) is 17.8 Å². The van der Waals surface area contributed by atoms with Gasteiger partial charge >= 0.3 is 0 Å². The first-order valence-corrected chi connectivity index (χ1v) is 9.57. The normalized spacial score (nSPS) is 10.9. The Morgan fingerprint density at radius 3 is 2.18 bits per heavy atom. The summed E-state index contributed by atoms with van der Waals surface area (Å²) < 4.78 is 10.8. The molecule has 0 saturated heterocycles. The number of benzene rings is 1. The molecule has 2 rings (SSSR count). The third-order valence-electron chi connectivity index (χ3n) is 3.51.